The van der Waals surface area contributed by atoms with E-state index in [1.54, 1.807) is 10.9 Å². The fraction of sp³-hybridized carbons (Fsp3) is 0.375. The SMILES string of the molecule is C[C@H]1C[C@@H](C(=O)Nc2cnn(-c3ccccc3Br)c2)CCN1.Cl. The van der Waals surface area contributed by atoms with Crippen LogP contribution < -0.4 is 10.6 Å². The van der Waals surface area contributed by atoms with Gasteiger partial charge in [-0.05, 0) is 54.4 Å². The predicted molar refractivity (Wildman–Crippen MR) is 97.3 cm³/mol. The molecule has 3 rings (SSSR count). The smallest absolute Gasteiger partial charge is 0.227 e. The van der Waals surface area contributed by atoms with Crippen LogP contribution in [-0.2, 0) is 4.79 Å². The highest BCUT2D eigenvalue weighted by Crippen LogP contribution is 2.22. The molecule has 2 atom stereocenters. The lowest BCUT2D eigenvalue weighted by molar-refractivity contribution is -0.120. The molecule has 0 unspecified atom stereocenters. The van der Waals surface area contributed by atoms with Gasteiger partial charge in [-0.2, -0.15) is 5.10 Å². The number of nitrogens with one attached hydrogen (secondary N) is 2. The molecule has 5 nitrogen and oxygen atoms in total. The Morgan fingerprint density at radius 3 is 2.96 bits per heavy atom. The largest absolute Gasteiger partial charge is 0.323 e. The minimum absolute atomic E-state index is 0. The van der Waals surface area contributed by atoms with Gasteiger partial charge in [0.05, 0.1) is 23.8 Å². The molecule has 0 spiro atoms. The Labute approximate surface area is 150 Å². The molecule has 1 aliphatic heterocycles. The van der Waals surface area contributed by atoms with Crippen molar-refractivity contribution < 1.29 is 4.79 Å². The number of piperidine rings is 1. The fourth-order valence-electron chi connectivity index (χ4n) is 2.77. The number of anilines is 1. The van der Waals surface area contributed by atoms with Crippen LogP contribution in [0.15, 0.2) is 41.1 Å². The lowest BCUT2D eigenvalue weighted by Gasteiger charge is -2.26. The predicted octanol–water partition coefficient (Wildman–Crippen LogP) is 3.38. The second kappa shape index (κ2) is 7.95. The topological polar surface area (TPSA) is 59.0 Å². The summed E-state index contributed by atoms with van der Waals surface area (Å²) in [6, 6.07) is 8.24. The average Bonchev–Trinajstić information content (AvgIpc) is 2.96. The van der Waals surface area contributed by atoms with E-state index in [1.165, 1.54) is 0 Å². The quantitative estimate of drug-likeness (QED) is 0.832. The molecule has 1 aromatic heterocycles. The number of hydrogen-bond acceptors (Lipinski definition) is 3. The summed E-state index contributed by atoms with van der Waals surface area (Å²) in [6.07, 6.45) is 5.28. The highest BCUT2D eigenvalue weighted by molar-refractivity contribution is 9.10. The van der Waals surface area contributed by atoms with E-state index < -0.39 is 0 Å². The Kier molecular flexibility index (Phi) is 6.21. The molecule has 0 radical (unpaired) electrons. The molecule has 23 heavy (non-hydrogen) atoms. The maximum absolute atomic E-state index is 12.3. The normalized spacial score (nSPS) is 20.6. The van der Waals surface area contributed by atoms with E-state index >= 15 is 0 Å². The van der Waals surface area contributed by atoms with E-state index in [4.69, 9.17) is 0 Å². The number of hydrogen-bond donors (Lipinski definition) is 2. The molecule has 1 amide bonds. The van der Waals surface area contributed by atoms with Crippen molar-refractivity contribution in [2.75, 3.05) is 11.9 Å². The van der Waals surface area contributed by atoms with Gasteiger partial charge in [-0.25, -0.2) is 4.68 Å². The maximum Gasteiger partial charge on any atom is 0.227 e. The first kappa shape index (κ1) is 18.0. The van der Waals surface area contributed by atoms with Crippen molar-refractivity contribution in [3.63, 3.8) is 0 Å². The minimum Gasteiger partial charge on any atom is -0.323 e. The molecular weight excluding hydrogens is 380 g/mol. The molecule has 1 aromatic carbocycles. The van der Waals surface area contributed by atoms with E-state index in [1.807, 2.05) is 30.5 Å². The number of aromatic nitrogens is 2. The Hall–Kier alpha value is -1.37. The number of rotatable bonds is 3. The van der Waals surface area contributed by atoms with Crippen molar-refractivity contribution >= 4 is 39.9 Å². The fourth-order valence-corrected chi connectivity index (χ4v) is 3.24. The van der Waals surface area contributed by atoms with Crippen LogP contribution in [0.1, 0.15) is 19.8 Å². The molecule has 124 valence electrons. The maximum atomic E-state index is 12.3. The number of para-hydroxylation sites is 1. The first-order valence-electron chi connectivity index (χ1n) is 7.47. The Bertz CT molecular complexity index is 676. The molecule has 2 aromatic rings. The van der Waals surface area contributed by atoms with Gasteiger partial charge in [0.25, 0.3) is 0 Å². The molecule has 1 saturated heterocycles. The van der Waals surface area contributed by atoms with E-state index in [2.05, 4.69) is 38.6 Å². The lowest BCUT2D eigenvalue weighted by atomic mass is 9.92. The molecule has 2 N–H and O–H groups in total. The summed E-state index contributed by atoms with van der Waals surface area (Å²) in [5, 5.41) is 10.7. The number of halogens is 2. The minimum atomic E-state index is 0. The van der Waals surface area contributed by atoms with E-state index in [-0.39, 0.29) is 24.2 Å². The van der Waals surface area contributed by atoms with Gasteiger partial charge in [-0.15, -0.1) is 12.4 Å². The number of amides is 1. The highest BCUT2D eigenvalue weighted by atomic mass is 79.9. The second-order valence-electron chi connectivity index (χ2n) is 5.69. The number of nitrogens with zero attached hydrogens (tertiary/aromatic N) is 2. The summed E-state index contributed by atoms with van der Waals surface area (Å²) in [6.45, 7) is 3.01. The zero-order chi connectivity index (χ0) is 15.5. The summed E-state index contributed by atoms with van der Waals surface area (Å²) in [4.78, 5) is 12.3. The number of carbonyl (C=O) groups excluding carboxylic acids is 1. The third-order valence-corrected chi connectivity index (χ3v) is 4.61. The lowest BCUT2D eigenvalue weighted by Crippen LogP contribution is -2.40. The van der Waals surface area contributed by atoms with Crippen LogP contribution in [0.5, 0.6) is 0 Å². The molecule has 0 bridgehead atoms. The molecule has 0 saturated carbocycles. The van der Waals surface area contributed by atoms with Gasteiger partial charge in [-0.1, -0.05) is 12.1 Å². The summed E-state index contributed by atoms with van der Waals surface area (Å²) in [7, 11) is 0. The average molecular weight is 400 g/mol. The van der Waals surface area contributed by atoms with Gasteiger partial charge in [0.2, 0.25) is 5.91 Å². The molecule has 1 fully saturated rings. The third kappa shape index (κ3) is 4.34. The van der Waals surface area contributed by atoms with Crippen molar-refractivity contribution in [1.82, 2.24) is 15.1 Å². The molecule has 1 aliphatic rings. The van der Waals surface area contributed by atoms with Crippen molar-refractivity contribution in [2.45, 2.75) is 25.8 Å². The van der Waals surface area contributed by atoms with Crippen molar-refractivity contribution in [3.8, 4) is 5.69 Å². The summed E-state index contributed by atoms with van der Waals surface area (Å²) >= 11 is 3.51. The summed E-state index contributed by atoms with van der Waals surface area (Å²) < 4.78 is 2.72. The van der Waals surface area contributed by atoms with Gasteiger partial charge in [0.1, 0.15) is 0 Å². The van der Waals surface area contributed by atoms with Crippen LogP contribution in [0.2, 0.25) is 0 Å². The van der Waals surface area contributed by atoms with Crippen LogP contribution >= 0.6 is 28.3 Å². The molecule has 7 heteroatoms. The van der Waals surface area contributed by atoms with Gasteiger partial charge >= 0.3 is 0 Å². The Balaban J connectivity index is 0.00000192. The second-order valence-corrected chi connectivity index (χ2v) is 6.55. The van der Waals surface area contributed by atoms with Crippen LogP contribution in [0.4, 0.5) is 5.69 Å². The monoisotopic (exact) mass is 398 g/mol. The van der Waals surface area contributed by atoms with Gasteiger partial charge in [0, 0.05) is 16.4 Å². The van der Waals surface area contributed by atoms with Crippen molar-refractivity contribution in [3.05, 3.63) is 41.1 Å². The first-order chi connectivity index (χ1) is 10.6. The third-order valence-electron chi connectivity index (χ3n) is 3.94. The number of carbonyl (C=O) groups is 1. The van der Waals surface area contributed by atoms with E-state index in [0.717, 1.165) is 35.2 Å². The van der Waals surface area contributed by atoms with Gasteiger partial charge < -0.3 is 10.6 Å². The molecular formula is C16H20BrClN4O. The first-order valence-corrected chi connectivity index (χ1v) is 8.26. The van der Waals surface area contributed by atoms with Crippen molar-refractivity contribution in [2.24, 2.45) is 5.92 Å². The molecule has 0 aliphatic carbocycles. The van der Waals surface area contributed by atoms with Crippen LogP contribution in [0.3, 0.4) is 0 Å². The van der Waals surface area contributed by atoms with Crippen LogP contribution in [-0.4, -0.2) is 28.3 Å². The Morgan fingerprint density at radius 2 is 2.22 bits per heavy atom. The summed E-state index contributed by atoms with van der Waals surface area (Å²) in [5.41, 5.74) is 1.67. The zero-order valence-electron chi connectivity index (χ0n) is 12.8. The van der Waals surface area contributed by atoms with Gasteiger partial charge in [-0.3, -0.25) is 4.79 Å². The van der Waals surface area contributed by atoms with E-state index in [0.29, 0.717) is 6.04 Å². The Morgan fingerprint density at radius 1 is 1.43 bits per heavy atom. The molecule has 2 heterocycles. The van der Waals surface area contributed by atoms with Gasteiger partial charge in [0.15, 0.2) is 0 Å². The zero-order valence-corrected chi connectivity index (χ0v) is 15.2. The van der Waals surface area contributed by atoms with Crippen LogP contribution in [0.25, 0.3) is 5.69 Å². The van der Waals surface area contributed by atoms with E-state index in [9.17, 15) is 4.79 Å². The van der Waals surface area contributed by atoms with Crippen molar-refractivity contribution in [1.29, 1.82) is 0 Å². The number of benzene rings is 1. The van der Waals surface area contributed by atoms with Crippen LogP contribution in [0, 0.1) is 5.92 Å². The summed E-state index contributed by atoms with van der Waals surface area (Å²) in [5.74, 6) is 0.156. The highest BCUT2D eigenvalue weighted by Gasteiger charge is 2.24. The standard InChI is InChI=1S/C16H19BrN4O.ClH/c1-11-8-12(6-7-18-11)16(22)20-13-9-19-21(10-13)15-5-3-2-4-14(15)17;/h2-5,9-12,18H,6-8H2,1H3,(H,20,22);1H/t11-,12-;/m0./s1.